The third-order valence-electron chi connectivity index (χ3n) is 4.03. The maximum Gasteiger partial charge on any atom is 0.339 e. The van der Waals surface area contributed by atoms with Crippen LogP contribution in [0.2, 0.25) is 15.1 Å². The second-order valence-electron chi connectivity index (χ2n) is 6.33. The molecule has 12 heteroatoms. The van der Waals surface area contributed by atoms with E-state index in [9.17, 15) is 13.5 Å². The molecular weight excluding hydrogens is 489 g/mol. The first kappa shape index (κ1) is 23.6. The van der Waals surface area contributed by atoms with Crippen molar-refractivity contribution in [1.82, 2.24) is 10.0 Å². The Morgan fingerprint density at radius 2 is 1.87 bits per heavy atom. The predicted octanol–water partition coefficient (Wildman–Crippen LogP) is 3.45. The topological polar surface area (TPSA) is 109 Å². The Morgan fingerprint density at radius 3 is 2.52 bits per heavy atom. The summed E-state index contributed by atoms with van der Waals surface area (Å²) in [6.07, 6.45) is 2.44. The maximum atomic E-state index is 12.8. The van der Waals surface area contributed by atoms with Crippen LogP contribution in [-0.2, 0) is 14.8 Å². The lowest BCUT2D eigenvalue weighted by Gasteiger charge is -2.31. The number of aryl methyl sites for hydroxylation is 1. The zero-order valence-electron chi connectivity index (χ0n) is 16.1. The summed E-state index contributed by atoms with van der Waals surface area (Å²) in [5.74, 6) is -1.84. The quantitative estimate of drug-likeness (QED) is 0.473. The fraction of sp³-hybridized carbons (Fsp3) is 0.211. The van der Waals surface area contributed by atoms with Crippen LogP contribution in [0.3, 0.4) is 0 Å². The molecule has 1 heterocycles. The van der Waals surface area contributed by atoms with E-state index >= 15 is 0 Å². The number of benzene rings is 2. The number of ether oxygens (including phenoxy) is 2. The van der Waals surface area contributed by atoms with E-state index in [2.05, 4.69) is 15.0 Å². The number of hydrogen-bond acceptors (Lipinski definition) is 7. The van der Waals surface area contributed by atoms with Crippen molar-refractivity contribution in [1.29, 1.82) is 0 Å². The summed E-state index contributed by atoms with van der Waals surface area (Å²) in [4.78, 5) is 4.22. The van der Waals surface area contributed by atoms with Gasteiger partial charge >= 0.3 is 5.91 Å². The van der Waals surface area contributed by atoms with Crippen molar-refractivity contribution >= 4 is 51.2 Å². The van der Waals surface area contributed by atoms with E-state index in [0.717, 1.165) is 0 Å². The van der Waals surface area contributed by atoms with Crippen LogP contribution in [0.15, 0.2) is 58.2 Å². The van der Waals surface area contributed by atoms with Gasteiger partial charge in [-0.2, -0.15) is 4.99 Å². The van der Waals surface area contributed by atoms with E-state index in [4.69, 9.17) is 44.3 Å². The number of aliphatic hydroxyl groups excluding tert-OH is 1. The lowest BCUT2D eigenvalue weighted by atomic mass is 10.2. The molecule has 166 valence electrons. The van der Waals surface area contributed by atoms with Crippen LogP contribution in [0.25, 0.3) is 0 Å². The minimum atomic E-state index is -3.93. The summed E-state index contributed by atoms with van der Waals surface area (Å²) in [6, 6.07) is 9.35. The van der Waals surface area contributed by atoms with E-state index in [0.29, 0.717) is 10.6 Å². The molecule has 8 nitrogen and oxygen atoms in total. The fourth-order valence-corrected chi connectivity index (χ4v) is 4.86. The summed E-state index contributed by atoms with van der Waals surface area (Å²) in [7, 11) is -3.93. The van der Waals surface area contributed by atoms with E-state index in [1.54, 1.807) is 25.1 Å². The molecule has 1 atom stereocenters. The van der Waals surface area contributed by atoms with E-state index in [-0.39, 0.29) is 39.7 Å². The van der Waals surface area contributed by atoms with Crippen LogP contribution in [0.1, 0.15) is 5.56 Å². The van der Waals surface area contributed by atoms with Crippen LogP contribution in [0.4, 0.5) is 0 Å². The number of nitrogens with zero attached hydrogens (tertiary/aromatic N) is 1. The van der Waals surface area contributed by atoms with Gasteiger partial charge in [0, 0.05) is 5.02 Å². The fourth-order valence-electron chi connectivity index (χ4n) is 2.70. The van der Waals surface area contributed by atoms with Crippen molar-refractivity contribution in [3.63, 3.8) is 0 Å². The van der Waals surface area contributed by atoms with E-state index < -0.39 is 15.9 Å². The van der Waals surface area contributed by atoms with Crippen LogP contribution in [-0.4, -0.2) is 39.0 Å². The molecular formula is C19H18Cl3N3O5S. The van der Waals surface area contributed by atoms with Gasteiger partial charge in [-0.25, -0.2) is 8.42 Å². The minimum absolute atomic E-state index is 0.0115. The van der Waals surface area contributed by atoms with Gasteiger partial charge in [-0.05, 0) is 30.7 Å². The monoisotopic (exact) mass is 505 g/mol. The molecule has 0 saturated heterocycles. The summed E-state index contributed by atoms with van der Waals surface area (Å²) in [5, 5.41) is 12.4. The summed E-state index contributed by atoms with van der Waals surface area (Å²) < 4.78 is 39.5. The summed E-state index contributed by atoms with van der Waals surface area (Å²) in [5.41, 5.74) is 0.568. The number of aliphatic imine (C=N–C) groups is 1. The average Bonchev–Trinajstić information content (AvgIpc) is 2.69. The number of aliphatic hydroxyl groups is 1. The Morgan fingerprint density at radius 1 is 1.19 bits per heavy atom. The van der Waals surface area contributed by atoms with Crippen molar-refractivity contribution in [2.45, 2.75) is 17.7 Å². The molecule has 0 bridgehead atoms. The molecule has 0 aliphatic carbocycles. The Balaban J connectivity index is 1.96. The molecule has 1 aliphatic rings. The zero-order valence-corrected chi connectivity index (χ0v) is 19.2. The Bertz CT molecular complexity index is 1120. The molecule has 31 heavy (non-hydrogen) atoms. The highest BCUT2D eigenvalue weighted by Gasteiger charge is 2.36. The van der Waals surface area contributed by atoms with Gasteiger partial charge in [0.2, 0.25) is 0 Å². The smallest absolute Gasteiger partial charge is 0.339 e. The minimum Gasteiger partial charge on any atom is -0.436 e. The molecule has 2 aromatic carbocycles. The average molecular weight is 507 g/mol. The Hall–Kier alpha value is -2.01. The molecule has 1 aliphatic heterocycles. The third kappa shape index (κ3) is 5.62. The van der Waals surface area contributed by atoms with Gasteiger partial charge in [0.25, 0.3) is 10.0 Å². The molecule has 0 spiro atoms. The lowest BCUT2D eigenvalue weighted by Crippen LogP contribution is -2.44. The lowest BCUT2D eigenvalue weighted by molar-refractivity contribution is -0.147. The largest absolute Gasteiger partial charge is 0.436 e. The zero-order chi connectivity index (χ0) is 22.6. The standard InChI is InChI=1S/C19H18Cl3N3O5S/c1-12-4-2-3-5-16(12)31(27,28)25-17-10-19(24-11-23-17,29-7-6-26)30-18-14(21)8-13(20)9-15(18)22/h2-5,8-11,25-26H,6-7H2,1H3,(H,23,24). The molecule has 0 amide bonds. The molecule has 3 N–H and O–H groups in total. The van der Waals surface area contributed by atoms with Gasteiger partial charge in [0.15, 0.2) is 5.75 Å². The molecule has 0 saturated carbocycles. The molecule has 2 aromatic rings. The Labute approximate surface area is 194 Å². The number of nitrogens with one attached hydrogen (secondary N) is 2. The van der Waals surface area contributed by atoms with Gasteiger partial charge in [-0.3, -0.25) is 4.72 Å². The second kappa shape index (κ2) is 9.64. The van der Waals surface area contributed by atoms with Gasteiger partial charge in [-0.1, -0.05) is 53.0 Å². The highest BCUT2D eigenvalue weighted by atomic mass is 35.5. The van der Waals surface area contributed by atoms with Crippen molar-refractivity contribution < 1.29 is 23.0 Å². The highest BCUT2D eigenvalue weighted by molar-refractivity contribution is 7.89. The van der Waals surface area contributed by atoms with Crippen LogP contribution in [0.5, 0.6) is 5.75 Å². The SMILES string of the molecule is Cc1ccccc1S(=O)(=O)NC1=CC(OCCO)(Oc2c(Cl)cc(Cl)cc2Cl)N=CN1. The van der Waals surface area contributed by atoms with Crippen LogP contribution in [0, 0.1) is 6.92 Å². The first-order chi connectivity index (χ1) is 14.7. The van der Waals surface area contributed by atoms with Crippen molar-refractivity contribution in [2.24, 2.45) is 4.99 Å². The molecule has 0 aromatic heterocycles. The molecule has 3 rings (SSSR count). The number of rotatable bonds is 8. The first-order valence-electron chi connectivity index (χ1n) is 8.86. The van der Waals surface area contributed by atoms with Gasteiger partial charge in [0.1, 0.15) is 5.82 Å². The van der Waals surface area contributed by atoms with Crippen molar-refractivity contribution in [2.75, 3.05) is 13.2 Å². The molecule has 0 radical (unpaired) electrons. The van der Waals surface area contributed by atoms with Gasteiger partial charge in [0.05, 0.1) is 40.6 Å². The Kier molecular flexibility index (Phi) is 7.35. The maximum absolute atomic E-state index is 12.8. The normalized spacial score (nSPS) is 18.3. The first-order valence-corrected chi connectivity index (χ1v) is 11.5. The summed E-state index contributed by atoms with van der Waals surface area (Å²) in [6.45, 7) is 1.17. The van der Waals surface area contributed by atoms with Gasteiger partial charge < -0.3 is 19.9 Å². The van der Waals surface area contributed by atoms with Crippen LogP contribution < -0.4 is 14.8 Å². The number of hydrogen-bond donors (Lipinski definition) is 3. The van der Waals surface area contributed by atoms with Crippen molar-refractivity contribution in [3.05, 3.63) is 68.9 Å². The number of sulfonamides is 1. The van der Waals surface area contributed by atoms with Crippen molar-refractivity contribution in [3.8, 4) is 5.75 Å². The molecule has 1 unspecified atom stereocenters. The summed E-state index contributed by atoms with van der Waals surface area (Å²) >= 11 is 18.3. The van der Waals surface area contributed by atoms with E-state index in [1.807, 2.05) is 0 Å². The second-order valence-corrected chi connectivity index (χ2v) is 9.24. The molecule has 0 fully saturated rings. The van der Waals surface area contributed by atoms with E-state index in [1.165, 1.54) is 30.6 Å². The predicted molar refractivity (Wildman–Crippen MR) is 119 cm³/mol. The highest BCUT2D eigenvalue weighted by Crippen LogP contribution is 2.39. The van der Waals surface area contributed by atoms with Gasteiger partial charge in [-0.15, -0.1) is 0 Å². The third-order valence-corrected chi connectivity index (χ3v) is 6.34. The number of halogens is 3. The van der Waals surface area contributed by atoms with Crippen LogP contribution >= 0.6 is 34.8 Å².